The maximum atomic E-state index is 13.1. The van der Waals surface area contributed by atoms with Crippen LogP contribution in [0.4, 0.5) is 10.1 Å². The van der Waals surface area contributed by atoms with Crippen molar-refractivity contribution < 1.29 is 31.4 Å². The van der Waals surface area contributed by atoms with Gasteiger partial charge in [0.05, 0.1) is 11.5 Å². The van der Waals surface area contributed by atoms with Gasteiger partial charge in [0.25, 0.3) is 5.69 Å². The fourth-order valence-electron chi connectivity index (χ4n) is 3.10. The molecule has 0 N–H and O–H groups in total. The Balaban J connectivity index is 1.67. The summed E-state index contributed by atoms with van der Waals surface area (Å²) >= 11 is 0. The van der Waals surface area contributed by atoms with E-state index < -0.39 is 20.9 Å². The van der Waals surface area contributed by atoms with E-state index in [0.29, 0.717) is 18.7 Å². The first-order valence-corrected chi connectivity index (χ1v) is 12.1. The monoisotopic (exact) mass is 514 g/mol. The Kier molecular flexibility index (Phi) is 8.87. The highest BCUT2D eigenvalue weighted by Gasteiger charge is 2.17. The molecule has 0 aromatic heterocycles. The van der Waals surface area contributed by atoms with Crippen LogP contribution in [0, 0.1) is 15.9 Å². The number of nitrogens with zero attached hydrogens (tertiary/aromatic N) is 2. The average molecular weight is 515 g/mol. The maximum absolute atomic E-state index is 13.1. The molecule has 9 nitrogen and oxygen atoms in total. The van der Waals surface area contributed by atoms with Gasteiger partial charge in [0, 0.05) is 38.4 Å². The summed E-state index contributed by atoms with van der Waals surface area (Å²) in [6.45, 7) is 0.823. The molecule has 3 aromatic rings. The molecule has 1 amide bonds. The Morgan fingerprint density at radius 3 is 2.25 bits per heavy atom. The van der Waals surface area contributed by atoms with E-state index in [-0.39, 0.29) is 28.8 Å². The van der Waals surface area contributed by atoms with E-state index in [1.165, 1.54) is 42.4 Å². The average Bonchev–Trinajstić information content (AvgIpc) is 2.86. The van der Waals surface area contributed by atoms with Crippen molar-refractivity contribution in [3.63, 3.8) is 0 Å². The number of rotatable bonds is 11. The zero-order valence-electron chi connectivity index (χ0n) is 19.2. The summed E-state index contributed by atoms with van der Waals surface area (Å²) in [5.74, 6) is -0.797. The molecule has 3 rings (SSSR count). The van der Waals surface area contributed by atoms with Crippen molar-refractivity contribution in [2.45, 2.75) is 11.4 Å². The number of ether oxygens (including phenoxy) is 1. The second kappa shape index (κ2) is 12.0. The van der Waals surface area contributed by atoms with Gasteiger partial charge < -0.3 is 13.8 Å². The number of nitro benzene ring substituents is 1. The van der Waals surface area contributed by atoms with Crippen molar-refractivity contribution in [1.82, 2.24) is 4.90 Å². The third-order valence-electron chi connectivity index (χ3n) is 5.00. The van der Waals surface area contributed by atoms with Gasteiger partial charge in [0.1, 0.15) is 16.5 Å². The fraction of sp³-hybridized carbons (Fsp3) is 0.160. The van der Waals surface area contributed by atoms with Crippen LogP contribution in [0.1, 0.15) is 11.1 Å². The maximum Gasteiger partial charge on any atom is 0.339 e. The number of amides is 1. The predicted molar refractivity (Wildman–Crippen MR) is 130 cm³/mol. The fourth-order valence-corrected chi connectivity index (χ4v) is 4.03. The number of hydrogen-bond acceptors (Lipinski definition) is 7. The highest BCUT2D eigenvalue weighted by Crippen LogP contribution is 2.20. The zero-order chi connectivity index (χ0) is 26.1. The summed E-state index contributed by atoms with van der Waals surface area (Å²) in [6.07, 6.45) is 2.92. The predicted octanol–water partition coefficient (Wildman–Crippen LogP) is 4.19. The minimum Gasteiger partial charge on any atom is -0.383 e. The quantitative estimate of drug-likeness (QED) is 0.163. The minimum absolute atomic E-state index is 0.0434. The molecule has 0 spiro atoms. The second-order valence-electron chi connectivity index (χ2n) is 7.57. The molecule has 0 unspecified atom stereocenters. The van der Waals surface area contributed by atoms with E-state index in [1.807, 2.05) is 0 Å². The molecule has 0 saturated heterocycles. The van der Waals surface area contributed by atoms with Crippen molar-refractivity contribution in [2.75, 3.05) is 20.3 Å². The molecule has 188 valence electrons. The van der Waals surface area contributed by atoms with Crippen LogP contribution in [-0.2, 0) is 26.2 Å². The molecule has 0 radical (unpaired) electrons. The van der Waals surface area contributed by atoms with Crippen LogP contribution in [0.25, 0.3) is 6.08 Å². The van der Waals surface area contributed by atoms with Gasteiger partial charge in [-0.3, -0.25) is 14.9 Å². The number of nitro groups is 1. The smallest absolute Gasteiger partial charge is 0.339 e. The van der Waals surface area contributed by atoms with E-state index in [9.17, 15) is 27.7 Å². The molecule has 0 heterocycles. The summed E-state index contributed by atoms with van der Waals surface area (Å²) in [5, 5.41) is 10.8. The second-order valence-corrected chi connectivity index (χ2v) is 9.12. The van der Waals surface area contributed by atoms with Crippen molar-refractivity contribution >= 4 is 27.8 Å². The lowest BCUT2D eigenvalue weighted by atomic mass is 10.1. The summed E-state index contributed by atoms with van der Waals surface area (Å²) < 4.78 is 48.0. The van der Waals surface area contributed by atoms with Crippen molar-refractivity contribution in [3.05, 3.63) is 106 Å². The van der Waals surface area contributed by atoms with Crippen molar-refractivity contribution in [2.24, 2.45) is 0 Å². The van der Waals surface area contributed by atoms with Gasteiger partial charge >= 0.3 is 10.1 Å². The molecule has 0 atom stereocenters. The van der Waals surface area contributed by atoms with Crippen LogP contribution in [0.3, 0.4) is 0 Å². The van der Waals surface area contributed by atoms with Gasteiger partial charge in [-0.2, -0.15) is 8.42 Å². The molecule has 0 aliphatic carbocycles. The number of non-ortho nitro benzene ring substituents is 1. The van der Waals surface area contributed by atoms with E-state index >= 15 is 0 Å². The number of halogens is 1. The number of methoxy groups -OCH3 is 1. The first-order valence-electron chi connectivity index (χ1n) is 10.7. The van der Waals surface area contributed by atoms with E-state index in [1.54, 1.807) is 30.3 Å². The van der Waals surface area contributed by atoms with Gasteiger partial charge in [-0.25, -0.2) is 4.39 Å². The Morgan fingerprint density at radius 1 is 1.03 bits per heavy atom. The first-order chi connectivity index (χ1) is 17.2. The van der Waals surface area contributed by atoms with Crippen molar-refractivity contribution in [3.8, 4) is 5.75 Å². The lowest BCUT2D eigenvalue weighted by Gasteiger charge is -2.21. The normalized spacial score (nSPS) is 11.4. The molecular formula is C25H23FN2O7S. The van der Waals surface area contributed by atoms with Crippen LogP contribution in [0.5, 0.6) is 5.75 Å². The molecular weight excluding hydrogens is 491 g/mol. The number of carbonyl (C=O) groups is 1. The molecule has 0 aliphatic heterocycles. The van der Waals surface area contributed by atoms with Crippen molar-refractivity contribution in [1.29, 1.82) is 0 Å². The van der Waals surface area contributed by atoms with E-state index in [2.05, 4.69) is 0 Å². The molecule has 3 aromatic carbocycles. The zero-order valence-corrected chi connectivity index (χ0v) is 20.1. The van der Waals surface area contributed by atoms with Gasteiger partial charge in [0.2, 0.25) is 5.91 Å². The van der Waals surface area contributed by atoms with Crippen LogP contribution < -0.4 is 4.18 Å². The van der Waals surface area contributed by atoms with Gasteiger partial charge in [0.15, 0.2) is 0 Å². The molecule has 11 heteroatoms. The van der Waals surface area contributed by atoms with Crippen LogP contribution in [-0.4, -0.2) is 44.4 Å². The third kappa shape index (κ3) is 7.45. The Labute approximate surface area is 207 Å². The number of benzene rings is 3. The summed E-state index contributed by atoms with van der Waals surface area (Å²) in [4.78, 5) is 24.4. The first kappa shape index (κ1) is 26.5. The standard InChI is InChI=1S/C25H23FN2O7S/c1-34-17-16-27(25(29)15-6-19-2-9-22(10-3-19)28(30)31)18-20-4-11-23(12-5-20)35-36(32,33)24-13-7-21(26)8-14-24/h2-15H,16-18H2,1H3. The Bertz CT molecular complexity index is 1320. The molecule has 0 saturated carbocycles. The Morgan fingerprint density at radius 2 is 1.67 bits per heavy atom. The Hall–Kier alpha value is -4.09. The van der Waals surface area contributed by atoms with E-state index in [4.69, 9.17) is 8.92 Å². The van der Waals surface area contributed by atoms with Crippen LogP contribution >= 0.6 is 0 Å². The molecule has 0 aliphatic rings. The molecule has 36 heavy (non-hydrogen) atoms. The van der Waals surface area contributed by atoms with Gasteiger partial charge in [-0.15, -0.1) is 0 Å². The van der Waals surface area contributed by atoms with Gasteiger partial charge in [-0.1, -0.05) is 12.1 Å². The number of hydrogen-bond donors (Lipinski definition) is 0. The number of carbonyl (C=O) groups excluding carboxylic acids is 1. The lowest BCUT2D eigenvalue weighted by molar-refractivity contribution is -0.384. The highest BCUT2D eigenvalue weighted by atomic mass is 32.2. The summed E-state index contributed by atoms with van der Waals surface area (Å²) in [6, 6.07) is 16.3. The summed E-state index contributed by atoms with van der Waals surface area (Å²) in [5.41, 5.74) is 1.30. The lowest BCUT2D eigenvalue weighted by Crippen LogP contribution is -2.32. The van der Waals surface area contributed by atoms with Crippen LogP contribution in [0.2, 0.25) is 0 Å². The largest absolute Gasteiger partial charge is 0.383 e. The van der Waals surface area contributed by atoms with Crippen LogP contribution in [0.15, 0.2) is 83.8 Å². The highest BCUT2D eigenvalue weighted by molar-refractivity contribution is 7.87. The molecule has 0 bridgehead atoms. The topological polar surface area (TPSA) is 116 Å². The third-order valence-corrected chi connectivity index (χ3v) is 6.27. The van der Waals surface area contributed by atoms with Gasteiger partial charge in [-0.05, 0) is 65.7 Å². The summed E-state index contributed by atoms with van der Waals surface area (Å²) in [7, 11) is -2.61. The minimum atomic E-state index is -4.13. The molecule has 0 fully saturated rings. The van der Waals surface area contributed by atoms with E-state index in [0.717, 1.165) is 29.8 Å². The SMILES string of the molecule is COCCN(Cc1ccc(OS(=O)(=O)c2ccc(F)cc2)cc1)C(=O)C=Cc1ccc([N+](=O)[O-])cc1.